The Kier molecular flexibility index (Phi) is 3.76. The Hall–Kier alpha value is -1.46. The summed E-state index contributed by atoms with van der Waals surface area (Å²) in [4.78, 5) is 11.8. The van der Waals surface area contributed by atoms with Crippen molar-refractivity contribution < 1.29 is 18.8 Å². The molecule has 4 nitrogen and oxygen atoms in total. The van der Waals surface area contributed by atoms with Gasteiger partial charge in [0.2, 0.25) is 0 Å². The van der Waals surface area contributed by atoms with Crippen LogP contribution < -0.4 is 15.4 Å². The molecule has 0 radical (unpaired) electrons. The number of hydrogen-bond donors (Lipinski definition) is 2. The quantitative estimate of drug-likeness (QED) is 0.723. The lowest BCUT2D eigenvalue weighted by Crippen LogP contribution is -3.09. The van der Waals surface area contributed by atoms with Crippen LogP contribution in [0.2, 0.25) is 0 Å². The molecule has 1 rings (SSSR count). The van der Waals surface area contributed by atoms with Crippen LogP contribution in [-0.2, 0) is 6.54 Å². The fourth-order valence-electron chi connectivity index (χ4n) is 0.994. The first-order valence-electron chi connectivity index (χ1n) is 4.55. The van der Waals surface area contributed by atoms with Crippen LogP contribution >= 0.6 is 0 Å². The molecule has 5 heteroatoms. The molecule has 0 unspecified atom stereocenters. The second-order valence-corrected chi connectivity index (χ2v) is 3.35. The molecule has 0 spiro atoms. The monoisotopic (exact) mass is 213 g/mol. The van der Waals surface area contributed by atoms with E-state index >= 15 is 0 Å². The van der Waals surface area contributed by atoms with Gasteiger partial charge in [-0.1, -0.05) is 6.07 Å². The topological polar surface area (TPSA) is 56.8 Å². The van der Waals surface area contributed by atoms with E-state index in [9.17, 15) is 9.18 Å². The molecular formula is C10H14FN2O2+. The first-order chi connectivity index (χ1) is 7.04. The molecule has 1 amide bonds. The predicted octanol–water partition coefficient (Wildman–Crippen LogP) is -0.0723. The maximum atomic E-state index is 12.9. The molecule has 0 heterocycles. The highest BCUT2D eigenvalue weighted by Crippen LogP contribution is 2.19. The number of benzene rings is 1. The van der Waals surface area contributed by atoms with Gasteiger partial charge in [-0.15, -0.1) is 0 Å². The Bertz CT molecular complexity index is 366. The maximum Gasteiger partial charge on any atom is 0.519 e. The van der Waals surface area contributed by atoms with Gasteiger partial charge in [-0.05, 0) is 6.07 Å². The van der Waals surface area contributed by atoms with Gasteiger partial charge in [0.05, 0.1) is 14.1 Å². The number of carbonyl (C=O) groups is 1. The lowest BCUT2D eigenvalue weighted by Gasteiger charge is -2.09. The molecule has 0 bridgehead atoms. The third-order valence-electron chi connectivity index (χ3n) is 1.86. The second kappa shape index (κ2) is 4.86. The summed E-state index contributed by atoms with van der Waals surface area (Å²) in [5, 5.41) is 0. The van der Waals surface area contributed by atoms with Gasteiger partial charge < -0.3 is 10.5 Å². The van der Waals surface area contributed by atoms with Crippen LogP contribution in [0.3, 0.4) is 0 Å². The van der Waals surface area contributed by atoms with Crippen LogP contribution in [0.1, 0.15) is 5.56 Å². The van der Waals surface area contributed by atoms with Gasteiger partial charge in [-0.2, -0.15) is 4.79 Å². The summed E-state index contributed by atoms with van der Waals surface area (Å²) in [6, 6.07) is 3.94. The molecule has 0 saturated heterocycles. The Morgan fingerprint density at radius 3 is 2.73 bits per heavy atom. The fourth-order valence-corrected chi connectivity index (χ4v) is 0.994. The van der Waals surface area contributed by atoms with Crippen LogP contribution in [0.5, 0.6) is 5.75 Å². The van der Waals surface area contributed by atoms with Gasteiger partial charge in [0.25, 0.3) is 0 Å². The van der Waals surface area contributed by atoms with E-state index in [1.54, 1.807) is 14.1 Å². The van der Waals surface area contributed by atoms with Gasteiger partial charge >= 0.3 is 6.09 Å². The summed E-state index contributed by atoms with van der Waals surface area (Å²) in [7, 11) is 3.26. The molecule has 82 valence electrons. The van der Waals surface area contributed by atoms with E-state index in [0.717, 1.165) is 6.07 Å². The van der Waals surface area contributed by atoms with Crippen LogP contribution in [0.4, 0.5) is 9.18 Å². The highest BCUT2D eigenvalue weighted by molar-refractivity contribution is 5.61. The standard InChI is InChI=1S/C10H13FN2O2/c1-13(2)10(14)15-9-5-8(11)4-3-7(9)6-12/h3-5H,6,12H2,1-2H3/p+1. The zero-order valence-electron chi connectivity index (χ0n) is 8.71. The minimum atomic E-state index is -0.477. The third kappa shape index (κ3) is 3.00. The van der Waals surface area contributed by atoms with Crippen molar-refractivity contribution in [3.8, 4) is 5.75 Å². The Morgan fingerprint density at radius 1 is 1.53 bits per heavy atom. The van der Waals surface area contributed by atoms with Gasteiger partial charge in [-0.25, -0.2) is 9.29 Å². The first-order valence-corrected chi connectivity index (χ1v) is 4.55. The fraction of sp³-hybridized carbons (Fsp3) is 0.300. The smallest absolute Gasteiger partial charge is 0.380 e. The second-order valence-electron chi connectivity index (χ2n) is 3.35. The van der Waals surface area contributed by atoms with Gasteiger partial charge in [-0.3, -0.25) is 0 Å². The number of amides is 1. The molecule has 1 aromatic rings. The molecule has 0 aliphatic heterocycles. The molecular weight excluding hydrogens is 199 g/mol. The SMILES string of the molecule is C[NH+](C)C(=O)Oc1cc(F)ccc1CN. The van der Waals surface area contributed by atoms with E-state index in [1.807, 2.05) is 0 Å². The van der Waals surface area contributed by atoms with Crippen molar-refractivity contribution in [2.45, 2.75) is 6.54 Å². The van der Waals surface area contributed by atoms with Crippen molar-refractivity contribution in [3.63, 3.8) is 0 Å². The maximum absolute atomic E-state index is 12.9. The number of rotatable bonds is 2. The largest absolute Gasteiger partial charge is 0.519 e. The number of quaternary nitrogens is 1. The molecule has 0 aromatic heterocycles. The summed E-state index contributed by atoms with van der Waals surface area (Å²) in [6.07, 6.45) is -0.477. The predicted molar refractivity (Wildman–Crippen MR) is 53.1 cm³/mol. The first kappa shape index (κ1) is 11.6. The summed E-state index contributed by atoms with van der Waals surface area (Å²) in [5.41, 5.74) is 6.03. The normalized spacial score (nSPS) is 10.5. The molecule has 3 N–H and O–H groups in total. The van der Waals surface area contributed by atoms with Crippen LogP contribution in [-0.4, -0.2) is 20.2 Å². The summed E-state index contributed by atoms with van der Waals surface area (Å²) >= 11 is 0. The van der Waals surface area contributed by atoms with Crippen LogP contribution in [0.15, 0.2) is 18.2 Å². The Labute approximate surface area is 87.4 Å². The van der Waals surface area contributed by atoms with E-state index < -0.39 is 11.9 Å². The molecule has 0 fully saturated rings. The van der Waals surface area contributed by atoms with Crippen molar-refractivity contribution >= 4 is 6.09 Å². The number of nitrogens with one attached hydrogen (secondary N) is 1. The van der Waals surface area contributed by atoms with Crippen molar-refractivity contribution in [2.24, 2.45) is 5.73 Å². The number of halogens is 1. The van der Waals surface area contributed by atoms with Gasteiger partial charge in [0.15, 0.2) is 0 Å². The van der Waals surface area contributed by atoms with Crippen molar-refractivity contribution in [2.75, 3.05) is 14.1 Å². The van der Waals surface area contributed by atoms with E-state index in [0.29, 0.717) is 10.5 Å². The zero-order valence-corrected chi connectivity index (χ0v) is 8.71. The van der Waals surface area contributed by atoms with E-state index in [-0.39, 0.29) is 12.3 Å². The van der Waals surface area contributed by atoms with Crippen molar-refractivity contribution in [1.82, 2.24) is 0 Å². The van der Waals surface area contributed by atoms with Crippen LogP contribution in [0, 0.1) is 5.82 Å². The van der Waals surface area contributed by atoms with E-state index in [1.165, 1.54) is 12.1 Å². The number of hydrogen-bond acceptors (Lipinski definition) is 3. The van der Waals surface area contributed by atoms with E-state index in [2.05, 4.69) is 0 Å². The Morgan fingerprint density at radius 2 is 2.20 bits per heavy atom. The summed E-state index contributed by atoms with van der Waals surface area (Å²) in [5.74, 6) is -0.271. The Balaban J connectivity index is 2.92. The highest BCUT2D eigenvalue weighted by atomic mass is 19.1. The molecule has 0 aliphatic rings. The van der Waals surface area contributed by atoms with Crippen LogP contribution in [0.25, 0.3) is 0 Å². The van der Waals surface area contributed by atoms with E-state index in [4.69, 9.17) is 10.5 Å². The number of ether oxygens (including phenoxy) is 1. The molecule has 0 aliphatic carbocycles. The number of nitrogens with two attached hydrogens (primary N) is 1. The minimum absolute atomic E-state index is 0.184. The number of carbonyl (C=O) groups excluding carboxylic acids is 1. The zero-order chi connectivity index (χ0) is 11.4. The average Bonchev–Trinajstić information content (AvgIpc) is 2.18. The molecule has 1 aromatic carbocycles. The third-order valence-corrected chi connectivity index (χ3v) is 1.86. The summed E-state index contributed by atoms with van der Waals surface area (Å²) in [6.45, 7) is 0.200. The van der Waals surface area contributed by atoms with Gasteiger partial charge in [0.1, 0.15) is 11.6 Å². The average molecular weight is 213 g/mol. The molecule has 0 saturated carbocycles. The lowest BCUT2D eigenvalue weighted by molar-refractivity contribution is -0.776. The minimum Gasteiger partial charge on any atom is -0.380 e. The lowest BCUT2D eigenvalue weighted by atomic mass is 10.2. The highest BCUT2D eigenvalue weighted by Gasteiger charge is 2.15. The van der Waals surface area contributed by atoms with Gasteiger partial charge in [0, 0.05) is 18.2 Å². The molecule has 15 heavy (non-hydrogen) atoms. The van der Waals surface area contributed by atoms with Crippen molar-refractivity contribution in [3.05, 3.63) is 29.6 Å². The summed E-state index contributed by atoms with van der Waals surface area (Å²) < 4.78 is 17.9. The molecule has 0 atom stereocenters. The van der Waals surface area contributed by atoms with Crippen molar-refractivity contribution in [1.29, 1.82) is 0 Å².